The lowest BCUT2D eigenvalue weighted by Crippen LogP contribution is -2.04. The number of alkyl halides is 1. The molecule has 0 radical (unpaired) electrons. The lowest BCUT2D eigenvalue weighted by molar-refractivity contribution is 0.306. The summed E-state index contributed by atoms with van der Waals surface area (Å²) in [6.07, 6.45) is 0. The third-order valence-corrected chi connectivity index (χ3v) is 3.72. The molecule has 0 saturated heterocycles. The Hall–Kier alpha value is -1.47. The van der Waals surface area contributed by atoms with Gasteiger partial charge in [-0.3, -0.25) is 0 Å². The Morgan fingerprint density at radius 2 is 1.58 bits per heavy atom. The Balaban J connectivity index is 1.96. The summed E-state index contributed by atoms with van der Waals surface area (Å²) < 4.78 is 5.75. The number of halogens is 1. The first-order chi connectivity index (χ1) is 9.16. The van der Waals surface area contributed by atoms with E-state index in [1.807, 2.05) is 37.3 Å². The highest BCUT2D eigenvalue weighted by Gasteiger charge is 2.11. The first-order valence-corrected chi connectivity index (χ1v) is 7.01. The van der Waals surface area contributed by atoms with Crippen LogP contribution < -0.4 is 4.74 Å². The molecule has 0 bridgehead atoms. The van der Waals surface area contributed by atoms with Crippen LogP contribution in [-0.2, 0) is 6.61 Å². The van der Waals surface area contributed by atoms with E-state index in [0.29, 0.717) is 12.5 Å². The second-order valence-corrected chi connectivity index (χ2v) is 5.50. The smallest absolute Gasteiger partial charge is 0.119 e. The predicted molar refractivity (Wildman–Crippen MR) is 80.9 cm³/mol. The Labute approximate surface area is 120 Å². The molecule has 2 rings (SSSR count). The molecule has 0 heterocycles. The number of ether oxygens (including phenoxy) is 1. The Morgan fingerprint density at radius 3 is 2.16 bits per heavy atom. The van der Waals surface area contributed by atoms with Gasteiger partial charge in [0.1, 0.15) is 12.4 Å². The molecule has 0 amide bonds. The standard InChI is InChI=1S/C17H19ClO/c1-13(14(2)18)16-8-10-17(11-9-16)19-12-15-6-4-3-5-7-15/h3-11,13-14H,12H2,1-2H3. The predicted octanol–water partition coefficient (Wildman–Crippen LogP) is 5.00. The summed E-state index contributed by atoms with van der Waals surface area (Å²) in [5, 5.41) is 0.135. The second-order valence-electron chi connectivity index (χ2n) is 4.81. The van der Waals surface area contributed by atoms with E-state index < -0.39 is 0 Å². The molecule has 2 aromatic carbocycles. The molecular weight excluding hydrogens is 256 g/mol. The van der Waals surface area contributed by atoms with Crippen molar-refractivity contribution in [3.63, 3.8) is 0 Å². The summed E-state index contributed by atoms with van der Waals surface area (Å²) in [4.78, 5) is 0. The van der Waals surface area contributed by atoms with Crippen LogP contribution in [0.3, 0.4) is 0 Å². The first-order valence-electron chi connectivity index (χ1n) is 6.57. The molecule has 0 spiro atoms. The quantitative estimate of drug-likeness (QED) is 0.698. The molecule has 2 aromatic rings. The lowest BCUT2D eigenvalue weighted by Gasteiger charge is -2.14. The van der Waals surface area contributed by atoms with Gasteiger partial charge in [-0.15, -0.1) is 11.6 Å². The number of benzene rings is 2. The Kier molecular flexibility index (Phi) is 4.86. The van der Waals surface area contributed by atoms with Gasteiger partial charge in [-0.25, -0.2) is 0 Å². The average molecular weight is 275 g/mol. The van der Waals surface area contributed by atoms with Gasteiger partial charge >= 0.3 is 0 Å². The van der Waals surface area contributed by atoms with Crippen molar-refractivity contribution >= 4 is 11.6 Å². The fourth-order valence-electron chi connectivity index (χ4n) is 1.87. The van der Waals surface area contributed by atoms with Gasteiger partial charge in [0.15, 0.2) is 0 Å². The molecule has 0 fully saturated rings. The average Bonchev–Trinajstić information content (AvgIpc) is 2.46. The van der Waals surface area contributed by atoms with Gasteiger partial charge in [-0.1, -0.05) is 49.4 Å². The van der Waals surface area contributed by atoms with Crippen molar-refractivity contribution in [1.82, 2.24) is 0 Å². The van der Waals surface area contributed by atoms with E-state index in [1.54, 1.807) is 0 Å². The van der Waals surface area contributed by atoms with Crippen molar-refractivity contribution < 1.29 is 4.74 Å². The van der Waals surface area contributed by atoms with Gasteiger partial charge in [0.25, 0.3) is 0 Å². The molecular formula is C17H19ClO. The minimum absolute atomic E-state index is 0.135. The molecule has 100 valence electrons. The maximum absolute atomic E-state index is 6.11. The summed E-state index contributed by atoms with van der Waals surface area (Å²) in [6, 6.07) is 18.4. The molecule has 0 aliphatic carbocycles. The van der Waals surface area contributed by atoms with Crippen molar-refractivity contribution in [2.75, 3.05) is 0 Å². The van der Waals surface area contributed by atoms with Gasteiger partial charge in [-0.2, -0.15) is 0 Å². The zero-order valence-electron chi connectivity index (χ0n) is 11.3. The molecule has 19 heavy (non-hydrogen) atoms. The van der Waals surface area contributed by atoms with E-state index in [2.05, 4.69) is 31.2 Å². The molecule has 0 aliphatic heterocycles. The SMILES string of the molecule is CC(Cl)C(C)c1ccc(OCc2ccccc2)cc1. The highest BCUT2D eigenvalue weighted by atomic mass is 35.5. The van der Waals surface area contributed by atoms with Crippen LogP contribution in [0, 0.1) is 0 Å². The fourth-order valence-corrected chi connectivity index (χ4v) is 2.02. The summed E-state index contributed by atoms with van der Waals surface area (Å²) in [6.45, 7) is 4.76. The normalized spacial score (nSPS) is 13.8. The van der Waals surface area contributed by atoms with E-state index in [-0.39, 0.29) is 5.38 Å². The van der Waals surface area contributed by atoms with E-state index in [4.69, 9.17) is 16.3 Å². The molecule has 0 N–H and O–H groups in total. The third kappa shape index (κ3) is 4.00. The number of rotatable bonds is 5. The molecule has 0 saturated carbocycles. The summed E-state index contributed by atoms with van der Waals surface area (Å²) in [5.41, 5.74) is 2.42. The van der Waals surface area contributed by atoms with Gasteiger partial charge in [0.05, 0.1) is 0 Å². The van der Waals surface area contributed by atoms with Crippen molar-refractivity contribution in [1.29, 1.82) is 0 Å². The van der Waals surface area contributed by atoms with Crippen LogP contribution in [0.1, 0.15) is 30.9 Å². The van der Waals surface area contributed by atoms with E-state index >= 15 is 0 Å². The van der Waals surface area contributed by atoms with Crippen LogP contribution in [-0.4, -0.2) is 5.38 Å². The lowest BCUT2D eigenvalue weighted by atomic mass is 9.98. The van der Waals surface area contributed by atoms with Gasteiger partial charge in [0.2, 0.25) is 0 Å². The zero-order valence-corrected chi connectivity index (χ0v) is 12.1. The minimum atomic E-state index is 0.135. The molecule has 1 nitrogen and oxygen atoms in total. The van der Waals surface area contributed by atoms with E-state index in [9.17, 15) is 0 Å². The highest BCUT2D eigenvalue weighted by Crippen LogP contribution is 2.25. The van der Waals surface area contributed by atoms with Crippen LogP contribution in [0.15, 0.2) is 54.6 Å². The van der Waals surface area contributed by atoms with Crippen molar-refractivity contribution in [2.45, 2.75) is 31.7 Å². The molecule has 0 aromatic heterocycles. The number of hydrogen-bond donors (Lipinski definition) is 0. The number of hydrogen-bond acceptors (Lipinski definition) is 1. The van der Waals surface area contributed by atoms with Crippen LogP contribution in [0.5, 0.6) is 5.75 Å². The summed E-state index contributed by atoms with van der Waals surface area (Å²) >= 11 is 6.11. The maximum Gasteiger partial charge on any atom is 0.119 e. The first kappa shape index (κ1) is 14.0. The van der Waals surface area contributed by atoms with Crippen LogP contribution in [0.2, 0.25) is 0 Å². The fraction of sp³-hybridized carbons (Fsp3) is 0.294. The minimum Gasteiger partial charge on any atom is -0.489 e. The van der Waals surface area contributed by atoms with Crippen molar-refractivity contribution in [2.24, 2.45) is 0 Å². The largest absolute Gasteiger partial charge is 0.489 e. The van der Waals surface area contributed by atoms with Gasteiger partial charge < -0.3 is 4.74 Å². The third-order valence-electron chi connectivity index (χ3n) is 3.34. The van der Waals surface area contributed by atoms with Crippen LogP contribution in [0.25, 0.3) is 0 Å². The Morgan fingerprint density at radius 1 is 0.947 bits per heavy atom. The zero-order chi connectivity index (χ0) is 13.7. The van der Waals surface area contributed by atoms with Crippen molar-refractivity contribution in [3.05, 3.63) is 65.7 Å². The van der Waals surface area contributed by atoms with Crippen LogP contribution >= 0.6 is 11.6 Å². The molecule has 0 aliphatic rings. The van der Waals surface area contributed by atoms with E-state index in [1.165, 1.54) is 11.1 Å². The van der Waals surface area contributed by atoms with E-state index in [0.717, 1.165) is 5.75 Å². The van der Waals surface area contributed by atoms with Crippen LogP contribution in [0.4, 0.5) is 0 Å². The van der Waals surface area contributed by atoms with Crippen molar-refractivity contribution in [3.8, 4) is 5.75 Å². The molecule has 2 atom stereocenters. The molecule has 2 unspecified atom stereocenters. The van der Waals surface area contributed by atoms with Gasteiger partial charge in [0, 0.05) is 5.38 Å². The monoisotopic (exact) mass is 274 g/mol. The molecule has 2 heteroatoms. The highest BCUT2D eigenvalue weighted by molar-refractivity contribution is 6.20. The topological polar surface area (TPSA) is 9.23 Å². The summed E-state index contributed by atoms with van der Waals surface area (Å²) in [5.74, 6) is 1.24. The van der Waals surface area contributed by atoms with Gasteiger partial charge in [-0.05, 0) is 36.1 Å². The maximum atomic E-state index is 6.11. The second kappa shape index (κ2) is 6.63. The summed E-state index contributed by atoms with van der Waals surface area (Å²) in [7, 11) is 0. The Bertz CT molecular complexity index is 490.